The van der Waals surface area contributed by atoms with Crippen molar-refractivity contribution in [2.45, 2.75) is 58.9 Å². The minimum atomic E-state index is 0.387. The third kappa shape index (κ3) is 10.0. The molecule has 0 saturated heterocycles. The molecule has 0 heterocycles. The monoisotopic (exact) mass is 200 g/mol. The van der Waals surface area contributed by atoms with E-state index in [1.165, 1.54) is 19.3 Å². The van der Waals surface area contributed by atoms with Gasteiger partial charge in [0.05, 0.1) is 0 Å². The van der Waals surface area contributed by atoms with Crippen LogP contribution in [0.15, 0.2) is 0 Å². The molecular weight excluding hydrogens is 172 g/mol. The average molecular weight is 200 g/mol. The molecule has 14 heavy (non-hydrogen) atoms. The largest absolute Gasteiger partial charge is 0.328 e. The highest BCUT2D eigenvalue weighted by Gasteiger charge is 1.97. The second-order valence-electron chi connectivity index (χ2n) is 4.60. The van der Waals surface area contributed by atoms with Crippen molar-refractivity contribution in [1.29, 1.82) is 0 Å². The smallest absolute Gasteiger partial charge is 0.00482 e. The van der Waals surface area contributed by atoms with E-state index >= 15 is 0 Å². The van der Waals surface area contributed by atoms with Crippen LogP contribution >= 0.6 is 0 Å². The van der Waals surface area contributed by atoms with Crippen LogP contribution in [0.3, 0.4) is 0 Å². The SMILES string of the molecule is CCC(N)CCNCCCCC(C)C. The fourth-order valence-electron chi connectivity index (χ4n) is 1.42. The standard InChI is InChI=1S/C12H28N2/c1-4-12(13)8-10-14-9-6-5-7-11(2)3/h11-12,14H,4-10,13H2,1-3H3. The van der Waals surface area contributed by atoms with Gasteiger partial charge in [-0.15, -0.1) is 0 Å². The van der Waals surface area contributed by atoms with Crippen molar-refractivity contribution in [1.82, 2.24) is 5.32 Å². The number of unbranched alkanes of at least 4 members (excludes halogenated alkanes) is 1. The van der Waals surface area contributed by atoms with Gasteiger partial charge in [-0.3, -0.25) is 0 Å². The summed E-state index contributed by atoms with van der Waals surface area (Å²) in [7, 11) is 0. The van der Waals surface area contributed by atoms with E-state index in [0.29, 0.717) is 6.04 Å². The van der Waals surface area contributed by atoms with Crippen LogP contribution in [0.2, 0.25) is 0 Å². The average Bonchev–Trinajstić information content (AvgIpc) is 2.15. The normalized spacial score (nSPS) is 13.5. The zero-order valence-corrected chi connectivity index (χ0v) is 10.2. The predicted octanol–water partition coefficient (Wildman–Crippen LogP) is 2.53. The number of hydrogen-bond acceptors (Lipinski definition) is 2. The van der Waals surface area contributed by atoms with Gasteiger partial charge in [0, 0.05) is 6.04 Å². The number of hydrogen-bond donors (Lipinski definition) is 2. The first-order valence-electron chi connectivity index (χ1n) is 6.13. The van der Waals surface area contributed by atoms with Crippen molar-refractivity contribution in [3.05, 3.63) is 0 Å². The van der Waals surface area contributed by atoms with Crippen LogP contribution < -0.4 is 11.1 Å². The molecule has 0 bridgehead atoms. The molecule has 0 amide bonds. The van der Waals surface area contributed by atoms with Gasteiger partial charge >= 0.3 is 0 Å². The summed E-state index contributed by atoms with van der Waals surface area (Å²) >= 11 is 0. The second kappa shape index (κ2) is 9.47. The molecule has 0 radical (unpaired) electrons. The maximum atomic E-state index is 5.81. The van der Waals surface area contributed by atoms with Gasteiger partial charge in [-0.1, -0.05) is 33.6 Å². The minimum Gasteiger partial charge on any atom is -0.328 e. The quantitative estimate of drug-likeness (QED) is 0.561. The molecule has 0 aliphatic heterocycles. The zero-order chi connectivity index (χ0) is 10.8. The molecule has 0 aromatic rings. The molecule has 0 aromatic carbocycles. The lowest BCUT2D eigenvalue weighted by atomic mass is 10.1. The lowest BCUT2D eigenvalue weighted by Gasteiger charge is -2.09. The van der Waals surface area contributed by atoms with Crippen molar-refractivity contribution in [2.75, 3.05) is 13.1 Å². The molecule has 0 saturated carbocycles. The van der Waals surface area contributed by atoms with Gasteiger partial charge in [0.15, 0.2) is 0 Å². The third-order valence-electron chi connectivity index (χ3n) is 2.60. The van der Waals surface area contributed by atoms with Gasteiger partial charge in [-0.05, 0) is 38.3 Å². The van der Waals surface area contributed by atoms with Crippen molar-refractivity contribution >= 4 is 0 Å². The van der Waals surface area contributed by atoms with Crippen LogP contribution in [-0.2, 0) is 0 Å². The Morgan fingerprint density at radius 3 is 2.36 bits per heavy atom. The Hall–Kier alpha value is -0.0800. The molecule has 0 aromatic heterocycles. The fraction of sp³-hybridized carbons (Fsp3) is 1.00. The van der Waals surface area contributed by atoms with Gasteiger partial charge in [0.2, 0.25) is 0 Å². The van der Waals surface area contributed by atoms with Crippen LogP contribution in [-0.4, -0.2) is 19.1 Å². The van der Waals surface area contributed by atoms with Gasteiger partial charge < -0.3 is 11.1 Å². The Labute approximate surface area is 89.6 Å². The maximum Gasteiger partial charge on any atom is 0.00482 e. The van der Waals surface area contributed by atoms with Crippen molar-refractivity contribution in [3.63, 3.8) is 0 Å². The van der Waals surface area contributed by atoms with Gasteiger partial charge in [0.1, 0.15) is 0 Å². The molecule has 1 atom stereocenters. The molecule has 0 aliphatic rings. The molecule has 86 valence electrons. The van der Waals surface area contributed by atoms with Crippen LogP contribution in [0.1, 0.15) is 52.9 Å². The van der Waals surface area contributed by atoms with Crippen molar-refractivity contribution in [2.24, 2.45) is 11.7 Å². The highest BCUT2D eigenvalue weighted by Crippen LogP contribution is 2.04. The van der Waals surface area contributed by atoms with Crippen LogP contribution in [0.5, 0.6) is 0 Å². The van der Waals surface area contributed by atoms with Crippen molar-refractivity contribution < 1.29 is 0 Å². The number of nitrogens with one attached hydrogen (secondary N) is 1. The highest BCUT2D eigenvalue weighted by atomic mass is 14.8. The Balaban J connectivity index is 2.99. The summed E-state index contributed by atoms with van der Waals surface area (Å²) < 4.78 is 0. The molecule has 2 nitrogen and oxygen atoms in total. The summed E-state index contributed by atoms with van der Waals surface area (Å²) in [6.07, 6.45) is 6.22. The van der Waals surface area contributed by atoms with Crippen LogP contribution in [0, 0.1) is 5.92 Å². The summed E-state index contributed by atoms with van der Waals surface area (Å²) in [5, 5.41) is 3.44. The lowest BCUT2D eigenvalue weighted by molar-refractivity contribution is 0.504. The lowest BCUT2D eigenvalue weighted by Crippen LogP contribution is -2.26. The first-order valence-corrected chi connectivity index (χ1v) is 6.13. The summed E-state index contributed by atoms with van der Waals surface area (Å²) in [6.45, 7) is 8.95. The third-order valence-corrected chi connectivity index (χ3v) is 2.60. The van der Waals surface area contributed by atoms with E-state index in [1.54, 1.807) is 0 Å². The second-order valence-corrected chi connectivity index (χ2v) is 4.60. The van der Waals surface area contributed by atoms with E-state index in [0.717, 1.165) is 31.8 Å². The van der Waals surface area contributed by atoms with E-state index in [2.05, 4.69) is 26.1 Å². The number of nitrogens with two attached hydrogens (primary N) is 1. The Bertz CT molecular complexity index is 113. The summed E-state index contributed by atoms with van der Waals surface area (Å²) in [5.41, 5.74) is 5.81. The van der Waals surface area contributed by atoms with E-state index in [-0.39, 0.29) is 0 Å². The predicted molar refractivity (Wildman–Crippen MR) is 64.4 cm³/mol. The van der Waals surface area contributed by atoms with E-state index < -0.39 is 0 Å². The van der Waals surface area contributed by atoms with E-state index in [4.69, 9.17) is 5.73 Å². The summed E-state index contributed by atoms with van der Waals surface area (Å²) in [4.78, 5) is 0. The molecule has 0 spiro atoms. The number of rotatable bonds is 9. The van der Waals surface area contributed by atoms with Gasteiger partial charge in [0.25, 0.3) is 0 Å². The topological polar surface area (TPSA) is 38.0 Å². The molecule has 0 fully saturated rings. The summed E-state index contributed by atoms with van der Waals surface area (Å²) in [5.74, 6) is 0.850. The summed E-state index contributed by atoms with van der Waals surface area (Å²) in [6, 6.07) is 0.387. The first kappa shape index (κ1) is 13.9. The Kier molecular flexibility index (Phi) is 9.42. The van der Waals surface area contributed by atoms with Gasteiger partial charge in [-0.2, -0.15) is 0 Å². The zero-order valence-electron chi connectivity index (χ0n) is 10.2. The Morgan fingerprint density at radius 2 is 1.79 bits per heavy atom. The van der Waals surface area contributed by atoms with Crippen molar-refractivity contribution in [3.8, 4) is 0 Å². The molecule has 0 aliphatic carbocycles. The van der Waals surface area contributed by atoms with E-state index in [9.17, 15) is 0 Å². The highest BCUT2D eigenvalue weighted by molar-refractivity contribution is 4.60. The fourth-order valence-corrected chi connectivity index (χ4v) is 1.42. The minimum absolute atomic E-state index is 0.387. The van der Waals surface area contributed by atoms with Gasteiger partial charge in [-0.25, -0.2) is 0 Å². The molecule has 1 unspecified atom stereocenters. The molecule has 0 rings (SSSR count). The molecular formula is C12H28N2. The van der Waals surface area contributed by atoms with Crippen LogP contribution in [0.4, 0.5) is 0 Å². The first-order chi connectivity index (χ1) is 6.66. The maximum absolute atomic E-state index is 5.81. The Morgan fingerprint density at radius 1 is 1.07 bits per heavy atom. The van der Waals surface area contributed by atoms with E-state index in [1.807, 2.05) is 0 Å². The van der Waals surface area contributed by atoms with Crippen LogP contribution in [0.25, 0.3) is 0 Å². The molecule has 2 heteroatoms. The molecule has 3 N–H and O–H groups in total.